The van der Waals surface area contributed by atoms with E-state index in [0.29, 0.717) is 13.2 Å². The predicted octanol–water partition coefficient (Wildman–Crippen LogP) is 0.167. The second-order valence-electron chi connectivity index (χ2n) is 3.77. The van der Waals surface area contributed by atoms with Gasteiger partial charge in [-0.3, -0.25) is 0 Å². The number of aliphatic hydroxyl groups is 1. The Hall–Kier alpha value is -1.42. The molecule has 0 aliphatic heterocycles. The number of ether oxygens (including phenoxy) is 2. The quantitative estimate of drug-likeness (QED) is 0.733. The minimum Gasteiger partial charge on any atom is -0.389 e. The molecule has 6 heteroatoms. The van der Waals surface area contributed by atoms with Gasteiger partial charge in [0.2, 0.25) is 5.82 Å². The summed E-state index contributed by atoms with van der Waals surface area (Å²) in [6.45, 7) is 2.85. The minimum atomic E-state index is -0.671. The second-order valence-corrected chi connectivity index (χ2v) is 3.77. The molecular weight excluding hydrogens is 222 g/mol. The van der Waals surface area contributed by atoms with Gasteiger partial charge in [-0.25, -0.2) is 4.98 Å². The Balaban J connectivity index is 2.35. The number of rotatable bonds is 7. The topological polar surface area (TPSA) is 80.3 Å². The monoisotopic (exact) mass is 239 g/mol. The van der Waals surface area contributed by atoms with Crippen molar-refractivity contribution in [1.82, 2.24) is 9.55 Å². The van der Waals surface area contributed by atoms with Gasteiger partial charge >= 0.3 is 0 Å². The number of nitriles is 1. The van der Waals surface area contributed by atoms with Crippen LogP contribution >= 0.6 is 0 Å². The average molecular weight is 239 g/mol. The first-order valence-corrected chi connectivity index (χ1v) is 5.37. The highest BCUT2D eigenvalue weighted by atomic mass is 16.5. The maximum atomic E-state index is 9.73. The van der Waals surface area contributed by atoms with E-state index in [0.717, 1.165) is 0 Å². The van der Waals surface area contributed by atoms with E-state index in [-0.39, 0.29) is 18.5 Å². The highest BCUT2D eigenvalue weighted by Crippen LogP contribution is 2.00. The average Bonchev–Trinajstić information content (AvgIpc) is 2.74. The number of aromatic nitrogens is 2. The van der Waals surface area contributed by atoms with E-state index in [1.807, 2.05) is 13.0 Å². The fraction of sp³-hybridized carbons (Fsp3) is 0.636. The van der Waals surface area contributed by atoms with Crippen LogP contribution in [0.4, 0.5) is 0 Å². The molecule has 1 aromatic rings. The summed E-state index contributed by atoms with van der Waals surface area (Å²) in [6.07, 6.45) is 2.45. The summed E-state index contributed by atoms with van der Waals surface area (Å²) >= 11 is 0. The molecule has 0 spiro atoms. The van der Waals surface area contributed by atoms with Crippen molar-refractivity contribution in [2.24, 2.45) is 0 Å². The lowest BCUT2D eigenvalue weighted by molar-refractivity contribution is -0.0356. The van der Waals surface area contributed by atoms with Crippen molar-refractivity contribution >= 4 is 0 Å². The summed E-state index contributed by atoms with van der Waals surface area (Å²) < 4.78 is 11.9. The summed E-state index contributed by atoms with van der Waals surface area (Å²) in [5.74, 6) is 0.286. The van der Waals surface area contributed by atoms with E-state index >= 15 is 0 Å². The Morgan fingerprint density at radius 1 is 1.59 bits per heavy atom. The van der Waals surface area contributed by atoms with Crippen molar-refractivity contribution in [3.63, 3.8) is 0 Å². The van der Waals surface area contributed by atoms with Crippen molar-refractivity contribution in [3.8, 4) is 6.07 Å². The minimum absolute atomic E-state index is 0.0622. The van der Waals surface area contributed by atoms with Crippen molar-refractivity contribution in [2.45, 2.75) is 25.7 Å². The first kappa shape index (κ1) is 13.6. The van der Waals surface area contributed by atoms with Gasteiger partial charge in [-0.2, -0.15) is 5.26 Å². The third kappa shape index (κ3) is 4.53. The summed E-state index contributed by atoms with van der Waals surface area (Å²) in [6, 6.07) is 1.95. The molecule has 6 nitrogen and oxygen atoms in total. The Morgan fingerprint density at radius 3 is 3.00 bits per heavy atom. The third-order valence-corrected chi connectivity index (χ3v) is 2.20. The summed E-state index contributed by atoms with van der Waals surface area (Å²) in [4.78, 5) is 3.84. The van der Waals surface area contributed by atoms with Crippen molar-refractivity contribution in [3.05, 3.63) is 18.2 Å². The molecule has 0 saturated heterocycles. The first-order chi connectivity index (χ1) is 8.17. The molecule has 0 aliphatic rings. The fourth-order valence-electron chi connectivity index (χ4n) is 1.41. The lowest BCUT2D eigenvalue weighted by Crippen LogP contribution is -2.26. The van der Waals surface area contributed by atoms with Gasteiger partial charge in [0.1, 0.15) is 6.07 Å². The summed E-state index contributed by atoms with van der Waals surface area (Å²) in [5, 5.41) is 18.5. The van der Waals surface area contributed by atoms with Crippen LogP contribution in [0.2, 0.25) is 0 Å². The van der Waals surface area contributed by atoms with E-state index in [1.54, 1.807) is 17.9 Å². The van der Waals surface area contributed by atoms with E-state index < -0.39 is 6.10 Å². The second kappa shape index (κ2) is 7.01. The van der Waals surface area contributed by atoms with Gasteiger partial charge in [0, 0.05) is 19.5 Å². The Kier molecular flexibility index (Phi) is 5.63. The third-order valence-electron chi connectivity index (χ3n) is 2.20. The van der Waals surface area contributed by atoms with Gasteiger partial charge in [-0.1, -0.05) is 0 Å². The van der Waals surface area contributed by atoms with Crippen LogP contribution in [0.25, 0.3) is 0 Å². The van der Waals surface area contributed by atoms with Crippen LogP contribution in [0, 0.1) is 11.3 Å². The van der Waals surface area contributed by atoms with Gasteiger partial charge < -0.3 is 19.1 Å². The van der Waals surface area contributed by atoms with Crippen LogP contribution in [-0.2, 0) is 16.0 Å². The van der Waals surface area contributed by atoms with E-state index in [1.165, 1.54) is 6.20 Å². The zero-order valence-electron chi connectivity index (χ0n) is 10.0. The Morgan fingerprint density at radius 2 is 2.35 bits per heavy atom. The van der Waals surface area contributed by atoms with Crippen LogP contribution < -0.4 is 0 Å². The van der Waals surface area contributed by atoms with Crippen LogP contribution in [0.15, 0.2) is 12.4 Å². The highest BCUT2D eigenvalue weighted by Gasteiger charge is 2.10. The van der Waals surface area contributed by atoms with Gasteiger partial charge in [0.15, 0.2) is 0 Å². The molecule has 1 N–H and O–H groups in total. The first-order valence-electron chi connectivity index (χ1n) is 5.37. The number of hydrogen-bond acceptors (Lipinski definition) is 5. The molecule has 1 aromatic heterocycles. The molecule has 0 amide bonds. The lowest BCUT2D eigenvalue weighted by Gasteiger charge is -2.16. The molecule has 94 valence electrons. The smallest absolute Gasteiger partial charge is 0.212 e. The zero-order chi connectivity index (χ0) is 12.7. The van der Waals surface area contributed by atoms with E-state index in [4.69, 9.17) is 14.7 Å². The molecule has 2 unspecified atom stereocenters. The molecule has 0 bridgehead atoms. The summed E-state index contributed by atoms with van der Waals surface area (Å²) in [5.41, 5.74) is 0. The fourth-order valence-corrected chi connectivity index (χ4v) is 1.41. The van der Waals surface area contributed by atoms with Gasteiger partial charge in [0.25, 0.3) is 0 Å². The van der Waals surface area contributed by atoms with Gasteiger partial charge in [-0.05, 0) is 6.92 Å². The van der Waals surface area contributed by atoms with Crippen LogP contribution in [0.3, 0.4) is 0 Å². The molecule has 0 fully saturated rings. The van der Waals surface area contributed by atoms with Crippen LogP contribution in [-0.4, -0.2) is 47.2 Å². The lowest BCUT2D eigenvalue weighted by atomic mass is 10.3. The highest BCUT2D eigenvalue weighted by molar-refractivity contribution is 5.11. The maximum absolute atomic E-state index is 9.73. The Labute approximate surface area is 100 Å². The molecule has 17 heavy (non-hydrogen) atoms. The molecular formula is C11H17N3O3. The van der Waals surface area contributed by atoms with Crippen molar-refractivity contribution in [1.29, 1.82) is 5.26 Å². The standard InChI is InChI=1S/C11H17N3O3/c1-9(7-16-2)17-8-10(15)6-14-4-3-13-11(14)5-12/h3-4,9-10,15H,6-8H2,1-2H3. The molecule has 1 heterocycles. The normalized spacial score (nSPS) is 14.2. The number of aliphatic hydroxyl groups excluding tert-OH is 1. The number of methoxy groups -OCH3 is 1. The van der Waals surface area contributed by atoms with Crippen LogP contribution in [0.5, 0.6) is 0 Å². The molecule has 0 saturated carbocycles. The molecule has 0 radical (unpaired) electrons. The predicted molar refractivity (Wildman–Crippen MR) is 60.2 cm³/mol. The number of hydrogen-bond donors (Lipinski definition) is 1. The van der Waals surface area contributed by atoms with Crippen LogP contribution in [0.1, 0.15) is 12.7 Å². The zero-order valence-corrected chi connectivity index (χ0v) is 10.0. The van der Waals surface area contributed by atoms with Gasteiger partial charge in [0.05, 0.1) is 32.0 Å². The number of nitrogens with zero attached hydrogens (tertiary/aromatic N) is 3. The maximum Gasteiger partial charge on any atom is 0.212 e. The summed E-state index contributed by atoms with van der Waals surface area (Å²) in [7, 11) is 1.60. The van der Waals surface area contributed by atoms with Gasteiger partial charge in [-0.15, -0.1) is 0 Å². The molecule has 0 aliphatic carbocycles. The Bertz CT molecular complexity index is 372. The molecule has 0 aromatic carbocycles. The van der Waals surface area contributed by atoms with Crippen molar-refractivity contribution in [2.75, 3.05) is 20.3 Å². The number of imidazole rings is 1. The molecule has 1 rings (SSSR count). The van der Waals surface area contributed by atoms with E-state index in [2.05, 4.69) is 4.98 Å². The SMILES string of the molecule is COCC(C)OCC(O)Cn1ccnc1C#N. The van der Waals surface area contributed by atoms with Crippen molar-refractivity contribution < 1.29 is 14.6 Å². The van der Waals surface area contributed by atoms with E-state index in [9.17, 15) is 5.11 Å². The molecule has 2 atom stereocenters. The largest absolute Gasteiger partial charge is 0.389 e.